The Labute approximate surface area is 179 Å². The van der Waals surface area contributed by atoms with Gasteiger partial charge >= 0.3 is 0 Å². The number of benzene rings is 4. The Morgan fingerprint density at radius 1 is 0.677 bits per heavy atom. The van der Waals surface area contributed by atoms with E-state index in [4.69, 9.17) is 0 Å². The molecule has 0 spiro atoms. The van der Waals surface area contributed by atoms with Gasteiger partial charge in [-0.2, -0.15) is 0 Å². The molecule has 1 aliphatic carbocycles. The van der Waals surface area contributed by atoms with Crippen LogP contribution < -0.4 is 0 Å². The van der Waals surface area contributed by atoms with E-state index in [9.17, 15) is 0 Å². The van der Waals surface area contributed by atoms with Crippen molar-refractivity contribution in [1.82, 2.24) is 9.38 Å². The van der Waals surface area contributed by atoms with E-state index in [1.165, 1.54) is 71.4 Å². The van der Waals surface area contributed by atoms with Crippen LogP contribution in [0.5, 0.6) is 0 Å². The number of H-pyrrole nitrogens is 1. The van der Waals surface area contributed by atoms with E-state index in [-0.39, 0.29) is 5.41 Å². The quantitative estimate of drug-likeness (QED) is 0.272. The number of nitrogens with one attached hydrogen (secondary N) is 1. The van der Waals surface area contributed by atoms with Crippen molar-refractivity contribution in [2.24, 2.45) is 0 Å². The summed E-state index contributed by atoms with van der Waals surface area (Å²) in [5.41, 5.74) is 10.6. The second-order valence-corrected chi connectivity index (χ2v) is 9.48. The van der Waals surface area contributed by atoms with E-state index in [1.54, 1.807) is 0 Å². The zero-order chi connectivity index (χ0) is 20.5. The summed E-state index contributed by atoms with van der Waals surface area (Å²) in [4.78, 5) is 3.67. The second-order valence-electron chi connectivity index (χ2n) is 9.48. The van der Waals surface area contributed by atoms with Gasteiger partial charge in [-0.15, -0.1) is 0 Å². The zero-order valence-electron chi connectivity index (χ0n) is 17.5. The number of rotatable bonds is 0. The summed E-state index contributed by atoms with van der Waals surface area (Å²) in [5, 5.41) is 6.67. The van der Waals surface area contributed by atoms with Crippen LogP contribution in [0.15, 0.2) is 78.9 Å². The van der Waals surface area contributed by atoms with E-state index >= 15 is 0 Å². The van der Waals surface area contributed by atoms with Gasteiger partial charge in [0.2, 0.25) is 0 Å². The number of nitrogens with zero attached hydrogens (tertiary/aromatic N) is 1. The SMILES string of the molecule is CC1(C)c2ccccc2-c2c1n1c3cccc4[nH]c5cccc(c6cccc2c61)c5c43. The molecule has 31 heavy (non-hydrogen) atoms. The molecule has 3 aromatic heterocycles. The summed E-state index contributed by atoms with van der Waals surface area (Å²) in [7, 11) is 0. The average molecular weight is 396 g/mol. The molecule has 0 atom stereocenters. The molecule has 146 valence electrons. The smallest absolute Gasteiger partial charge is 0.0617 e. The molecule has 0 radical (unpaired) electrons. The van der Waals surface area contributed by atoms with Crippen molar-refractivity contribution < 1.29 is 0 Å². The van der Waals surface area contributed by atoms with Gasteiger partial charge in [0.15, 0.2) is 0 Å². The third kappa shape index (κ3) is 1.63. The van der Waals surface area contributed by atoms with Crippen LogP contribution in [-0.2, 0) is 5.41 Å². The van der Waals surface area contributed by atoms with Crippen molar-refractivity contribution in [2.75, 3.05) is 0 Å². The minimum atomic E-state index is -0.0731. The minimum Gasteiger partial charge on any atom is -0.354 e. The number of aromatic amines is 1. The molecule has 7 aromatic rings. The molecule has 4 aromatic carbocycles. The van der Waals surface area contributed by atoms with Crippen LogP contribution in [0.1, 0.15) is 25.1 Å². The van der Waals surface area contributed by atoms with Crippen molar-refractivity contribution in [3.63, 3.8) is 0 Å². The first-order chi connectivity index (χ1) is 15.2. The van der Waals surface area contributed by atoms with Gasteiger partial charge in [-0.25, -0.2) is 0 Å². The average Bonchev–Trinajstić information content (AvgIpc) is 3.38. The van der Waals surface area contributed by atoms with E-state index < -0.39 is 0 Å². The topological polar surface area (TPSA) is 20.2 Å². The van der Waals surface area contributed by atoms with Crippen LogP contribution in [0, 0.1) is 0 Å². The first-order valence-corrected chi connectivity index (χ1v) is 11.0. The summed E-state index contributed by atoms with van der Waals surface area (Å²) < 4.78 is 2.58. The lowest BCUT2D eigenvalue weighted by Gasteiger charge is -2.22. The van der Waals surface area contributed by atoms with Gasteiger partial charge in [-0.3, -0.25) is 0 Å². The van der Waals surface area contributed by atoms with Gasteiger partial charge in [0.25, 0.3) is 0 Å². The molecule has 0 aliphatic heterocycles. The standard InChI is InChI=1S/C29H20N2/c1-29(2)20-12-4-3-8-18(20)24-19-11-5-10-17-16-9-6-13-21-25(16)26-22(30-21)14-7-15-23(26)31(27(17)19)28(24)29/h3-15,30H,1-2H3. The molecule has 2 heteroatoms. The first kappa shape index (κ1) is 16.0. The van der Waals surface area contributed by atoms with Gasteiger partial charge in [0.1, 0.15) is 0 Å². The van der Waals surface area contributed by atoms with Gasteiger partial charge < -0.3 is 9.38 Å². The highest BCUT2D eigenvalue weighted by Crippen LogP contribution is 2.54. The molecule has 2 nitrogen and oxygen atoms in total. The fraction of sp³-hybridized carbons (Fsp3) is 0.103. The Morgan fingerprint density at radius 3 is 2.29 bits per heavy atom. The number of para-hydroxylation sites is 1. The van der Waals surface area contributed by atoms with Crippen LogP contribution in [0.3, 0.4) is 0 Å². The predicted octanol–water partition coefficient (Wildman–Crippen LogP) is 7.62. The Kier molecular flexibility index (Phi) is 2.54. The third-order valence-electron chi connectivity index (χ3n) is 7.61. The highest BCUT2D eigenvalue weighted by Gasteiger charge is 2.40. The van der Waals surface area contributed by atoms with Crippen molar-refractivity contribution in [2.45, 2.75) is 19.3 Å². The highest BCUT2D eigenvalue weighted by molar-refractivity contribution is 6.29. The lowest BCUT2D eigenvalue weighted by molar-refractivity contribution is 0.633. The Morgan fingerprint density at radius 2 is 1.39 bits per heavy atom. The lowest BCUT2D eigenvalue weighted by Crippen LogP contribution is -2.17. The summed E-state index contributed by atoms with van der Waals surface area (Å²) in [6.07, 6.45) is 0. The molecule has 1 N–H and O–H groups in total. The molecule has 0 saturated carbocycles. The van der Waals surface area contributed by atoms with Gasteiger partial charge in [-0.1, -0.05) is 74.5 Å². The van der Waals surface area contributed by atoms with Crippen LogP contribution in [0.4, 0.5) is 0 Å². The highest BCUT2D eigenvalue weighted by atomic mass is 14.9. The monoisotopic (exact) mass is 396 g/mol. The second kappa shape index (κ2) is 4.92. The van der Waals surface area contributed by atoms with Crippen molar-refractivity contribution >= 4 is 49.0 Å². The van der Waals surface area contributed by atoms with E-state index in [2.05, 4.69) is 102 Å². The maximum absolute atomic E-state index is 3.67. The van der Waals surface area contributed by atoms with Crippen LogP contribution >= 0.6 is 0 Å². The molecule has 1 aliphatic rings. The Balaban J connectivity index is 1.82. The summed E-state index contributed by atoms with van der Waals surface area (Å²) >= 11 is 0. The molecule has 0 fully saturated rings. The molecule has 3 heterocycles. The van der Waals surface area contributed by atoms with Gasteiger partial charge in [-0.05, 0) is 34.7 Å². The van der Waals surface area contributed by atoms with Crippen LogP contribution in [-0.4, -0.2) is 9.38 Å². The van der Waals surface area contributed by atoms with E-state index in [0.29, 0.717) is 0 Å². The summed E-state index contributed by atoms with van der Waals surface area (Å²) in [6.45, 7) is 4.76. The molecule has 8 rings (SSSR count). The van der Waals surface area contributed by atoms with Crippen molar-refractivity contribution in [3.8, 4) is 11.1 Å². The van der Waals surface area contributed by atoms with Crippen LogP contribution in [0.2, 0.25) is 0 Å². The summed E-state index contributed by atoms with van der Waals surface area (Å²) in [6, 6.07) is 29.2. The van der Waals surface area contributed by atoms with Crippen molar-refractivity contribution in [1.29, 1.82) is 0 Å². The Hall–Kier alpha value is -3.78. The van der Waals surface area contributed by atoms with E-state index in [0.717, 1.165) is 0 Å². The molecule has 0 unspecified atom stereocenters. The Bertz CT molecular complexity index is 1860. The number of aromatic nitrogens is 2. The first-order valence-electron chi connectivity index (χ1n) is 11.0. The fourth-order valence-electron chi connectivity index (χ4n) is 6.42. The summed E-state index contributed by atoms with van der Waals surface area (Å²) in [5.74, 6) is 0. The predicted molar refractivity (Wildman–Crippen MR) is 131 cm³/mol. The maximum atomic E-state index is 3.67. The molecule has 0 bridgehead atoms. The number of hydrogen-bond acceptors (Lipinski definition) is 0. The molecule has 0 amide bonds. The normalized spacial score (nSPS) is 15.0. The number of fused-ring (bicyclic) bond motifs is 7. The maximum Gasteiger partial charge on any atom is 0.0617 e. The van der Waals surface area contributed by atoms with E-state index in [1.807, 2.05) is 0 Å². The number of hydrogen-bond donors (Lipinski definition) is 1. The molecule has 0 saturated heterocycles. The van der Waals surface area contributed by atoms with Crippen LogP contribution in [0.25, 0.3) is 60.1 Å². The molecular formula is C29H20N2. The van der Waals surface area contributed by atoms with Gasteiger partial charge in [0.05, 0.1) is 11.0 Å². The fourth-order valence-corrected chi connectivity index (χ4v) is 6.42. The minimum absolute atomic E-state index is 0.0731. The molecular weight excluding hydrogens is 376 g/mol. The van der Waals surface area contributed by atoms with Crippen molar-refractivity contribution in [3.05, 3.63) is 90.1 Å². The third-order valence-corrected chi connectivity index (χ3v) is 7.61. The lowest BCUT2D eigenvalue weighted by atomic mass is 9.85. The zero-order valence-corrected chi connectivity index (χ0v) is 17.5. The van der Waals surface area contributed by atoms with Gasteiger partial charge in [0, 0.05) is 49.3 Å². The largest absolute Gasteiger partial charge is 0.354 e.